The number of amides is 1. The van der Waals surface area contributed by atoms with Crippen molar-refractivity contribution in [3.05, 3.63) is 23.1 Å². The first-order chi connectivity index (χ1) is 8.06. The zero-order chi connectivity index (χ0) is 12.4. The second-order valence-corrected chi connectivity index (χ2v) is 4.57. The Morgan fingerprint density at radius 1 is 1.65 bits per heavy atom. The lowest BCUT2D eigenvalue weighted by Gasteiger charge is -2.14. The van der Waals surface area contributed by atoms with Gasteiger partial charge in [0.25, 0.3) is 0 Å². The van der Waals surface area contributed by atoms with Crippen LogP contribution >= 0.6 is 11.6 Å². The Labute approximate surface area is 104 Å². The summed E-state index contributed by atoms with van der Waals surface area (Å²) in [7, 11) is 0. The van der Waals surface area contributed by atoms with Gasteiger partial charge in [0.1, 0.15) is 6.04 Å². The fourth-order valence-corrected chi connectivity index (χ4v) is 1.49. The van der Waals surface area contributed by atoms with E-state index in [1.54, 1.807) is 6.92 Å². The van der Waals surface area contributed by atoms with E-state index >= 15 is 0 Å². The molecule has 1 unspecified atom stereocenters. The van der Waals surface area contributed by atoms with Gasteiger partial charge in [-0.3, -0.25) is 4.79 Å². The third-order valence-electron chi connectivity index (χ3n) is 2.48. The minimum absolute atomic E-state index is 0.0350. The maximum atomic E-state index is 13.4. The van der Waals surface area contributed by atoms with Gasteiger partial charge in [-0.2, -0.15) is 0 Å². The molecule has 1 aliphatic rings. The maximum Gasteiger partial charge on any atom is 0.242 e. The Hall–Kier alpha value is -1.36. The van der Waals surface area contributed by atoms with Crippen molar-refractivity contribution in [2.45, 2.75) is 31.8 Å². The first-order valence-corrected chi connectivity index (χ1v) is 5.82. The van der Waals surface area contributed by atoms with Gasteiger partial charge in [-0.15, -0.1) is 0 Å². The molecule has 6 heteroatoms. The van der Waals surface area contributed by atoms with Crippen LogP contribution in [0.4, 0.5) is 10.2 Å². The van der Waals surface area contributed by atoms with Crippen LogP contribution in [0.2, 0.25) is 5.02 Å². The lowest BCUT2D eigenvalue weighted by atomic mass is 10.3. The number of hydrogen-bond acceptors (Lipinski definition) is 3. The second kappa shape index (κ2) is 4.87. The van der Waals surface area contributed by atoms with Gasteiger partial charge >= 0.3 is 0 Å². The summed E-state index contributed by atoms with van der Waals surface area (Å²) in [5.74, 6) is -0.680. The Kier molecular flexibility index (Phi) is 3.47. The highest BCUT2D eigenvalue weighted by Crippen LogP contribution is 2.19. The molecule has 2 rings (SSSR count). The molecule has 4 nitrogen and oxygen atoms in total. The van der Waals surface area contributed by atoms with Gasteiger partial charge in [-0.1, -0.05) is 11.6 Å². The van der Waals surface area contributed by atoms with Crippen LogP contribution in [0.1, 0.15) is 19.8 Å². The number of anilines is 1. The van der Waals surface area contributed by atoms with Gasteiger partial charge in [0, 0.05) is 12.2 Å². The SMILES string of the molecule is CC(Nc1ncc(Cl)cc1F)C(=O)NC1CC1. The van der Waals surface area contributed by atoms with Crippen LogP contribution in [-0.2, 0) is 4.79 Å². The average molecular weight is 258 g/mol. The zero-order valence-electron chi connectivity index (χ0n) is 9.34. The number of carbonyl (C=O) groups is 1. The molecule has 1 aliphatic carbocycles. The van der Waals surface area contributed by atoms with E-state index in [-0.39, 0.29) is 22.8 Å². The summed E-state index contributed by atoms with van der Waals surface area (Å²) in [6.45, 7) is 1.66. The van der Waals surface area contributed by atoms with Crippen molar-refractivity contribution in [3.63, 3.8) is 0 Å². The molecule has 1 aromatic rings. The van der Waals surface area contributed by atoms with Gasteiger partial charge in [0.05, 0.1) is 5.02 Å². The third-order valence-corrected chi connectivity index (χ3v) is 2.68. The number of pyridine rings is 1. The van der Waals surface area contributed by atoms with Gasteiger partial charge in [-0.25, -0.2) is 9.37 Å². The summed E-state index contributed by atoms with van der Waals surface area (Å²) < 4.78 is 13.4. The van der Waals surface area contributed by atoms with Crippen molar-refractivity contribution in [2.24, 2.45) is 0 Å². The van der Waals surface area contributed by atoms with E-state index in [9.17, 15) is 9.18 Å². The summed E-state index contributed by atoms with van der Waals surface area (Å²) in [5.41, 5.74) is 0. The topological polar surface area (TPSA) is 54.0 Å². The molecule has 0 aliphatic heterocycles. The van der Waals surface area contributed by atoms with Gasteiger partial charge in [0.15, 0.2) is 11.6 Å². The van der Waals surface area contributed by atoms with Crippen molar-refractivity contribution in [1.82, 2.24) is 10.3 Å². The lowest BCUT2D eigenvalue weighted by molar-refractivity contribution is -0.121. The highest BCUT2D eigenvalue weighted by atomic mass is 35.5. The van der Waals surface area contributed by atoms with Crippen molar-refractivity contribution in [2.75, 3.05) is 5.32 Å². The molecule has 1 atom stereocenters. The molecule has 1 amide bonds. The number of aromatic nitrogens is 1. The summed E-state index contributed by atoms with van der Waals surface area (Å²) >= 11 is 5.58. The van der Waals surface area contributed by atoms with Crippen LogP contribution in [0, 0.1) is 5.82 Å². The number of rotatable bonds is 4. The molecule has 0 radical (unpaired) electrons. The summed E-state index contributed by atoms with van der Waals surface area (Å²) in [6.07, 6.45) is 3.37. The molecular formula is C11H13ClFN3O. The second-order valence-electron chi connectivity index (χ2n) is 4.13. The predicted molar refractivity (Wildman–Crippen MR) is 63.5 cm³/mol. The predicted octanol–water partition coefficient (Wildman–Crippen LogP) is 1.95. The quantitative estimate of drug-likeness (QED) is 0.867. The number of carbonyl (C=O) groups excluding carboxylic acids is 1. The van der Waals surface area contributed by atoms with E-state index in [2.05, 4.69) is 15.6 Å². The first-order valence-electron chi connectivity index (χ1n) is 5.44. The first kappa shape index (κ1) is 12.1. The van der Waals surface area contributed by atoms with Crippen LogP contribution in [0.15, 0.2) is 12.3 Å². The number of nitrogens with zero attached hydrogens (tertiary/aromatic N) is 1. The largest absolute Gasteiger partial charge is 0.356 e. The standard InChI is InChI=1S/C11H13ClFN3O/c1-6(11(17)16-8-2-3-8)15-10-9(13)4-7(12)5-14-10/h4-6,8H,2-3H2,1H3,(H,14,15)(H,16,17). The number of nitrogens with one attached hydrogen (secondary N) is 2. The fraction of sp³-hybridized carbons (Fsp3) is 0.455. The molecule has 0 saturated heterocycles. The molecule has 1 fully saturated rings. The van der Waals surface area contributed by atoms with Crippen LogP contribution in [-0.4, -0.2) is 23.0 Å². The van der Waals surface area contributed by atoms with Crippen molar-refractivity contribution in [1.29, 1.82) is 0 Å². The highest BCUT2D eigenvalue weighted by molar-refractivity contribution is 6.30. The van der Waals surface area contributed by atoms with E-state index in [0.29, 0.717) is 0 Å². The van der Waals surface area contributed by atoms with Crippen LogP contribution in [0.25, 0.3) is 0 Å². The van der Waals surface area contributed by atoms with Crippen molar-refractivity contribution >= 4 is 23.3 Å². The van der Waals surface area contributed by atoms with E-state index in [1.807, 2.05) is 0 Å². The van der Waals surface area contributed by atoms with E-state index in [0.717, 1.165) is 18.9 Å². The molecule has 2 N–H and O–H groups in total. The summed E-state index contributed by atoms with van der Waals surface area (Å²) in [4.78, 5) is 15.4. The molecule has 0 spiro atoms. The fourth-order valence-electron chi connectivity index (χ4n) is 1.35. The maximum absolute atomic E-state index is 13.4. The van der Waals surface area contributed by atoms with Gasteiger partial charge < -0.3 is 10.6 Å². The monoisotopic (exact) mass is 257 g/mol. The Bertz CT molecular complexity index is 437. The van der Waals surface area contributed by atoms with E-state index in [1.165, 1.54) is 6.20 Å². The van der Waals surface area contributed by atoms with E-state index < -0.39 is 11.9 Å². The smallest absolute Gasteiger partial charge is 0.242 e. The molecular weight excluding hydrogens is 245 g/mol. The molecule has 1 aromatic heterocycles. The molecule has 17 heavy (non-hydrogen) atoms. The number of halogens is 2. The summed E-state index contributed by atoms with van der Waals surface area (Å²) in [6, 6.07) is 0.913. The Morgan fingerprint density at radius 2 is 2.35 bits per heavy atom. The molecule has 0 aromatic carbocycles. The molecule has 1 heterocycles. The minimum atomic E-state index is -0.566. The highest BCUT2D eigenvalue weighted by Gasteiger charge is 2.25. The van der Waals surface area contributed by atoms with Crippen molar-refractivity contribution in [3.8, 4) is 0 Å². The van der Waals surface area contributed by atoms with Gasteiger partial charge in [-0.05, 0) is 25.8 Å². The minimum Gasteiger partial charge on any atom is -0.356 e. The lowest BCUT2D eigenvalue weighted by Crippen LogP contribution is -2.39. The van der Waals surface area contributed by atoms with Crippen LogP contribution in [0.3, 0.4) is 0 Å². The average Bonchev–Trinajstić information content (AvgIpc) is 3.06. The molecule has 0 bridgehead atoms. The summed E-state index contributed by atoms with van der Waals surface area (Å²) in [5, 5.41) is 5.77. The molecule has 92 valence electrons. The van der Waals surface area contributed by atoms with Crippen molar-refractivity contribution < 1.29 is 9.18 Å². The third kappa shape index (κ3) is 3.30. The van der Waals surface area contributed by atoms with E-state index in [4.69, 9.17) is 11.6 Å². The molecule has 1 saturated carbocycles. The van der Waals surface area contributed by atoms with Crippen LogP contribution < -0.4 is 10.6 Å². The van der Waals surface area contributed by atoms with Gasteiger partial charge in [0.2, 0.25) is 5.91 Å². The van der Waals surface area contributed by atoms with Crippen LogP contribution in [0.5, 0.6) is 0 Å². The Morgan fingerprint density at radius 3 is 2.94 bits per heavy atom. The number of hydrogen-bond donors (Lipinski definition) is 2. The normalized spacial score (nSPS) is 16.4. The Balaban J connectivity index is 1.96. The zero-order valence-corrected chi connectivity index (χ0v) is 10.1.